The quantitative estimate of drug-likeness (QED) is 0.716. The number of amides is 1. The summed E-state index contributed by atoms with van der Waals surface area (Å²) in [6.45, 7) is 0.472. The lowest BCUT2D eigenvalue weighted by atomic mass is 10.1. The van der Waals surface area contributed by atoms with Crippen molar-refractivity contribution in [1.29, 1.82) is 0 Å². The molecule has 116 valence electrons. The summed E-state index contributed by atoms with van der Waals surface area (Å²) in [6.07, 6.45) is 2.58. The third kappa shape index (κ3) is 4.56. The van der Waals surface area contributed by atoms with Crippen LogP contribution in [-0.4, -0.2) is 18.7 Å². The number of hydrogen-bond donors (Lipinski definition) is 1. The second-order valence-electron chi connectivity index (χ2n) is 4.59. The normalized spacial score (nSPS) is 10.5. The van der Waals surface area contributed by atoms with E-state index in [1.807, 2.05) is 18.4 Å². The maximum atomic E-state index is 12.2. The minimum Gasteiger partial charge on any atom is -0.352 e. The minimum atomic E-state index is -0.189. The van der Waals surface area contributed by atoms with E-state index in [0.717, 1.165) is 10.5 Å². The number of rotatable bonds is 5. The van der Waals surface area contributed by atoms with Gasteiger partial charge >= 0.3 is 0 Å². The van der Waals surface area contributed by atoms with Crippen LogP contribution in [-0.2, 0) is 6.42 Å². The van der Waals surface area contributed by atoms with Gasteiger partial charge in [0.25, 0.3) is 5.91 Å². The van der Waals surface area contributed by atoms with E-state index in [4.69, 9.17) is 34.8 Å². The molecule has 2 aromatic rings. The minimum absolute atomic E-state index is 0.189. The first-order valence-corrected chi connectivity index (χ1v) is 8.93. The maximum absolute atomic E-state index is 12.2. The summed E-state index contributed by atoms with van der Waals surface area (Å²) in [6, 6.07) is 10.7. The number of halogens is 3. The second-order valence-corrected chi connectivity index (χ2v) is 6.72. The fourth-order valence-corrected chi connectivity index (χ4v) is 3.08. The van der Waals surface area contributed by atoms with Gasteiger partial charge in [-0.25, -0.2) is 0 Å². The van der Waals surface area contributed by atoms with E-state index in [0.29, 0.717) is 33.6 Å². The third-order valence-electron chi connectivity index (χ3n) is 3.11. The molecule has 0 heterocycles. The summed E-state index contributed by atoms with van der Waals surface area (Å²) in [7, 11) is 0. The lowest BCUT2D eigenvalue weighted by molar-refractivity contribution is 0.0954. The molecule has 0 aliphatic carbocycles. The molecule has 0 aliphatic heterocycles. The predicted molar refractivity (Wildman–Crippen MR) is 95.7 cm³/mol. The molecule has 0 bridgehead atoms. The highest BCUT2D eigenvalue weighted by Gasteiger charge is 2.11. The molecule has 0 saturated carbocycles. The zero-order chi connectivity index (χ0) is 16.1. The van der Waals surface area contributed by atoms with Gasteiger partial charge in [-0.1, -0.05) is 40.9 Å². The molecule has 0 spiro atoms. The summed E-state index contributed by atoms with van der Waals surface area (Å²) in [4.78, 5) is 13.2. The van der Waals surface area contributed by atoms with E-state index in [9.17, 15) is 4.79 Å². The molecule has 0 aliphatic rings. The van der Waals surface area contributed by atoms with Crippen molar-refractivity contribution in [2.45, 2.75) is 11.3 Å². The Morgan fingerprint density at radius 3 is 2.55 bits per heavy atom. The van der Waals surface area contributed by atoms with Gasteiger partial charge in [-0.05, 0) is 48.6 Å². The Labute approximate surface area is 149 Å². The highest BCUT2D eigenvalue weighted by Crippen LogP contribution is 2.23. The molecule has 0 radical (unpaired) electrons. The second kappa shape index (κ2) is 8.11. The number of hydrogen-bond acceptors (Lipinski definition) is 2. The van der Waals surface area contributed by atoms with Crippen molar-refractivity contribution in [3.05, 3.63) is 62.6 Å². The Hall–Kier alpha value is -0.870. The van der Waals surface area contributed by atoms with Gasteiger partial charge in [0.2, 0.25) is 0 Å². The van der Waals surface area contributed by atoms with Crippen LogP contribution in [0.25, 0.3) is 0 Å². The average molecular weight is 375 g/mol. The third-order valence-corrected chi connectivity index (χ3v) is 4.76. The standard InChI is InChI=1S/C16H14Cl3NOS/c1-22-12-4-5-14(18)13(9-12)16(21)20-7-6-10-2-3-11(17)8-15(10)19/h2-5,8-9H,6-7H2,1H3,(H,20,21). The molecule has 2 rings (SSSR count). The van der Waals surface area contributed by atoms with E-state index >= 15 is 0 Å². The molecule has 1 amide bonds. The zero-order valence-corrected chi connectivity index (χ0v) is 14.9. The molecule has 0 atom stereocenters. The van der Waals surface area contributed by atoms with E-state index in [1.165, 1.54) is 0 Å². The van der Waals surface area contributed by atoms with E-state index in [-0.39, 0.29) is 5.91 Å². The largest absolute Gasteiger partial charge is 0.352 e. The van der Waals surface area contributed by atoms with Gasteiger partial charge in [0.05, 0.1) is 10.6 Å². The molecule has 0 saturated heterocycles. The molecule has 1 N–H and O–H groups in total. The molecular formula is C16H14Cl3NOS. The van der Waals surface area contributed by atoms with Crippen molar-refractivity contribution in [2.24, 2.45) is 0 Å². The molecule has 0 fully saturated rings. The topological polar surface area (TPSA) is 29.1 Å². The predicted octanol–water partition coefficient (Wildman–Crippen LogP) is 5.34. The fourth-order valence-electron chi connectivity index (χ4n) is 1.94. The number of benzene rings is 2. The van der Waals surface area contributed by atoms with Crippen molar-refractivity contribution in [1.82, 2.24) is 5.32 Å². The van der Waals surface area contributed by atoms with Crippen molar-refractivity contribution in [3.63, 3.8) is 0 Å². The molecule has 22 heavy (non-hydrogen) atoms. The molecule has 0 unspecified atom stereocenters. The maximum Gasteiger partial charge on any atom is 0.252 e. The van der Waals surface area contributed by atoms with Crippen LogP contribution in [0.4, 0.5) is 0 Å². The van der Waals surface area contributed by atoms with Crippen molar-refractivity contribution < 1.29 is 4.79 Å². The van der Waals surface area contributed by atoms with Crippen LogP contribution >= 0.6 is 46.6 Å². The Balaban J connectivity index is 1.98. The highest BCUT2D eigenvalue weighted by atomic mass is 35.5. The Morgan fingerprint density at radius 2 is 1.86 bits per heavy atom. The summed E-state index contributed by atoms with van der Waals surface area (Å²) in [5, 5.41) is 4.50. The Bertz CT molecular complexity index is 691. The van der Waals surface area contributed by atoms with Gasteiger partial charge in [-0.3, -0.25) is 4.79 Å². The summed E-state index contributed by atoms with van der Waals surface area (Å²) in [5.41, 5.74) is 1.42. The van der Waals surface area contributed by atoms with Crippen LogP contribution in [0.15, 0.2) is 41.3 Å². The Morgan fingerprint density at radius 1 is 1.09 bits per heavy atom. The lowest BCUT2D eigenvalue weighted by Gasteiger charge is -2.09. The highest BCUT2D eigenvalue weighted by molar-refractivity contribution is 7.98. The first kappa shape index (κ1) is 17.5. The molecule has 2 nitrogen and oxygen atoms in total. The average Bonchev–Trinajstić information content (AvgIpc) is 2.49. The van der Waals surface area contributed by atoms with Gasteiger partial charge in [0.1, 0.15) is 0 Å². The Kier molecular flexibility index (Phi) is 6.45. The first-order chi connectivity index (χ1) is 10.5. The summed E-state index contributed by atoms with van der Waals surface area (Å²) < 4.78 is 0. The number of nitrogens with one attached hydrogen (secondary N) is 1. The number of carbonyl (C=O) groups excluding carboxylic acids is 1. The fraction of sp³-hybridized carbons (Fsp3) is 0.188. The lowest BCUT2D eigenvalue weighted by Crippen LogP contribution is -2.26. The smallest absolute Gasteiger partial charge is 0.252 e. The van der Waals surface area contributed by atoms with Crippen molar-refractivity contribution >= 4 is 52.5 Å². The molecular weight excluding hydrogens is 361 g/mol. The van der Waals surface area contributed by atoms with Crippen LogP contribution < -0.4 is 5.32 Å². The number of carbonyl (C=O) groups is 1. The number of thioether (sulfide) groups is 1. The molecule has 0 aromatic heterocycles. The van der Waals surface area contributed by atoms with Crippen LogP contribution in [0.5, 0.6) is 0 Å². The van der Waals surface area contributed by atoms with Gasteiger partial charge in [-0.15, -0.1) is 11.8 Å². The van der Waals surface area contributed by atoms with E-state index < -0.39 is 0 Å². The molecule has 2 aromatic carbocycles. The van der Waals surface area contributed by atoms with Crippen LogP contribution in [0.1, 0.15) is 15.9 Å². The van der Waals surface area contributed by atoms with Crippen molar-refractivity contribution in [3.8, 4) is 0 Å². The first-order valence-electron chi connectivity index (χ1n) is 6.57. The van der Waals surface area contributed by atoms with Crippen LogP contribution in [0, 0.1) is 0 Å². The molecule has 6 heteroatoms. The van der Waals surface area contributed by atoms with Crippen molar-refractivity contribution in [2.75, 3.05) is 12.8 Å². The monoisotopic (exact) mass is 373 g/mol. The van der Waals surface area contributed by atoms with Gasteiger partial charge < -0.3 is 5.32 Å². The SMILES string of the molecule is CSc1ccc(Cl)c(C(=O)NCCc2ccc(Cl)cc2Cl)c1. The van der Waals surface area contributed by atoms with E-state index in [2.05, 4.69) is 5.32 Å². The van der Waals surface area contributed by atoms with Crippen LogP contribution in [0.3, 0.4) is 0 Å². The summed E-state index contributed by atoms with van der Waals surface area (Å²) >= 11 is 19.6. The van der Waals surface area contributed by atoms with Gasteiger partial charge in [0, 0.05) is 21.5 Å². The van der Waals surface area contributed by atoms with Crippen LogP contribution in [0.2, 0.25) is 15.1 Å². The zero-order valence-electron chi connectivity index (χ0n) is 11.8. The van der Waals surface area contributed by atoms with Gasteiger partial charge in [0.15, 0.2) is 0 Å². The summed E-state index contributed by atoms with van der Waals surface area (Å²) in [5.74, 6) is -0.189. The van der Waals surface area contributed by atoms with Gasteiger partial charge in [-0.2, -0.15) is 0 Å². The van der Waals surface area contributed by atoms with E-state index in [1.54, 1.807) is 36.0 Å².